The zero-order chi connectivity index (χ0) is 15.9. The topological polar surface area (TPSA) is 66.2 Å². The highest BCUT2D eigenvalue weighted by Crippen LogP contribution is 2.28. The minimum absolute atomic E-state index is 0.105. The molecule has 2 amide bonds. The van der Waals surface area contributed by atoms with Crippen LogP contribution in [-0.4, -0.2) is 37.3 Å². The van der Waals surface area contributed by atoms with Gasteiger partial charge in [0.25, 0.3) is 0 Å². The van der Waals surface area contributed by atoms with Crippen molar-refractivity contribution in [2.45, 2.75) is 25.7 Å². The van der Waals surface area contributed by atoms with E-state index in [4.69, 9.17) is 4.74 Å². The summed E-state index contributed by atoms with van der Waals surface area (Å²) in [6, 6.07) is 8.10. The summed E-state index contributed by atoms with van der Waals surface area (Å²) in [6.07, 6.45) is 6.33. The SMILES string of the molecule is O=C(NCCCOCC1CC1)NCCc1c[nH]c2ccccc12. The number of H-pyrrole nitrogens is 1. The molecule has 5 heteroatoms. The Bertz CT molecular complexity index is 634. The summed E-state index contributed by atoms with van der Waals surface area (Å²) in [5.74, 6) is 0.802. The number of ether oxygens (including phenoxy) is 1. The van der Waals surface area contributed by atoms with Gasteiger partial charge in [-0.2, -0.15) is 0 Å². The highest BCUT2D eigenvalue weighted by molar-refractivity contribution is 5.83. The van der Waals surface area contributed by atoms with Crippen LogP contribution in [0.15, 0.2) is 30.5 Å². The van der Waals surface area contributed by atoms with Gasteiger partial charge in [0.15, 0.2) is 0 Å². The van der Waals surface area contributed by atoms with Gasteiger partial charge in [0.05, 0.1) is 0 Å². The third kappa shape index (κ3) is 4.99. The van der Waals surface area contributed by atoms with E-state index in [1.807, 2.05) is 18.3 Å². The van der Waals surface area contributed by atoms with E-state index in [0.717, 1.165) is 37.5 Å². The smallest absolute Gasteiger partial charge is 0.314 e. The van der Waals surface area contributed by atoms with Crippen molar-refractivity contribution in [1.29, 1.82) is 0 Å². The molecule has 2 aromatic rings. The Morgan fingerprint density at radius 1 is 1.22 bits per heavy atom. The zero-order valence-electron chi connectivity index (χ0n) is 13.4. The monoisotopic (exact) mass is 315 g/mol. The van der Waals surface area contributed by atoms with E-state index in [1.54, 1.807) is 0 Å². The number of aromatic amines is 1. The number of fused-ring (bicyclic) bond motifs is 1. The average molecular weight is 315 g/mol. The summed E-state index contributed by atoms with van der Waals surface area (Å²) in [4.78, 5) is 15.0. The first-order valence-electron chi connectivity index (χ1n) is 8.47. The number of rotatable bonds is 9. The lowest BCUT2D eigenvalue weighted by Gasteiger charge is -2.07. The summed E-state index contributed by atoms with van der Waals surface area (Å²) in [7, 11) is 0. The van der Waals surface area contributed by atoms with Gasteiger partial charge in [0.2, 0.25) is 0 Å². The molecule has 0 saturated heterocycles. The Hall–Kier alpha value is -2.01. The van der Waals surface area contributed by atoms with Crippen LogP contribution < -0.4 is 10.6 Å². The zero-order valence-corrected chi connectivity index (χ0v) is 13.4. The van der Waals surface area contributed by atoms with Crippen molar-refractivity contribution in [2.24, 2.45) is 5.92 Å². The van der Waals surface area contributed by atoms with Gasteiger partial charge in [0.1, 0.15) is 0 Å². The van der Waals surface area contributed by atoms with Crippen molar-refractivity contribution in [3.05, 3.63) is 36.0 Å². The molecular formula is C18H25N3O2. The number of hydrogen-bond donors (Lipinski definition) is 3. The molecule has 3 rings (SSSR count). The largest absolute Gasteiger partial charge is 0.381 e. The van der Waals surface area contributed by atoms with Crippen LogP contribution in [0.2, 0.25) is 0 Å². The predicted molar refractivity (Wildman–Crippen MR) is 91.6 cm³/mol. The van der Waals surface area contributed by atoms with Crippen molar-refractivity contribution < 1.29 is 9.53 Å². The number of aromatic nitrogens is 1. The number of carbonyl (C=O) groups is 1. The van der Waals surface area contributed by atoms with Gasteiger partial charge >= 0.3 is 6.03 Å². The number of urea groups is 1. The molecule has 1 aromatic heterocycles. The van der Waals surface area contributed by atoms with Crippen LogP contribution >= 0.6 is 0 Å². The van der Waals surface area contributed by atoms with Crippen molar-refractivity contribution in [1.82, 2.24) is 15.6 Å². The van der Waals surface area contributed by atoms with E-state index >= 15 is 0 Å². The van der Waals surface area contributed by atoms with Crippen LogP contribution in [0.5, 0.6) is 0 Å². The lowest BCUT2D eigenvalue weighted by molar-refractivity contribution is 0.122. The molecule has 1 aliphatic carbocycles. The van der Waals surface area contributed by atoms with Crippen LogP contribution in [0.25, 0.3) is 10.9 Å². The van der Waals surface area contributed by atoms with Gasteiger partial charge in [-0.15, -0.1) is 0 Å². The van der Waals surface area contributed by atoms with E-state index in [0.29, 0.717) is 13.1 Å². The Balaban J connectivity index is 1.27. The number of benzene rings is 1. The van der Waals surface area contributed by atoms with Crippen LogP contribution in [0.3, 0.4) is 0 Å². The molecule has 1 fully saturated rings. The molecule has 0 bridgehead atoms. The molecule has 0 aliphatic heterocycles. The highest BCUT2D eigenvalue weighted by Gasteiger charge is 2.20. The maximum Gasteiger partial charge on any atom is 0.314 e. The van der Waals surface area contributed by atoms with Crippen molar-refractivity contribution >= 4 is 16.9 Å². The minimum atomic E-state index is -0.105. The van der Waals surface area contributed by atoms with Gasteiger partial charge in [-0.25, -0.2) is 4.79 Å². The van der Waals surface area contributed by atoms with Crippen LogP contribution in [0, 0.1) is 5.92 Å². The summed E-state index contributed by atoms with van der Waals surface area (Å²) in [5, 5.41) is 6.99. The van der Waals surface area contributed by atoms with E-state index in [9.17, 15) is 4.79 Å². The molecular weight excluding hydrogens is 290 g/mol. The summed E-state index contributed by atoms with van der Waals surface area (Å²) in [6.45, 7) is 2.90. The maximum atomic E-state index is 11.7. The summed E-state index contributed by atoms with van der Waals surface area (Å²) >= 11 is 0. The van der Waals surface area contributed by atoms with Gasteiger partial charge in [-0.1, -0.05) is 18.2 Å². The number of para-hydroxylation sites is 1. The lowest BCUT2D eigenvalue weighted by Crippen LogP contribution is -2.37. The summed E-state index contributed by atoms with van der Waals surface area (Å²) in [5.41, 5.74) is 2.37. The molecule has 0 atom stereocenters. The van der Waals surface area contributed by atoms with Gasteiger partial charge in [-0.3, -0.25) is 0 Å². The van der Waals surface area contributed by atoms with Crippen molar-refractivity contribution in [2.75, 3.05) is 26.3 Å². The number of hydrogen-bond acceptors (Lipinski definition) is 2. The first-order valence-corrected chi connectivity index (χ1v) is 8.47. The molecule has 0 spiro atoms. The molecule has 23 heavy (non-hydrogen) atoms. The van der Waals surface area contributed by atoms with E-state index in [1.165, 1.54) is 23.8 Å². The molecule has 1 aliphatic rings. The van der Waals surface area contributed by atoms with Crippen molar-refractivity contribution in [3.8, 4) is 0 Å². The molecule has 5 nitrogen and oxygen atoms in total. The Kier molecular flexibility index (Phi) is 5.53. The second-order valence-corrected chi connectivity index (χ2v) is 6.16. The lowest BCUT2D eigenvalue weighted by atomic mass is 10.1. The predicted octanol–water partition coefficient (Wildman–Crippen LogP) is 2.83. The Morgan fingerprint density at radius 3 is 2.91 bits per heavy atom. The fraction of sp³-hybridized carbons (Fsp3) is 0.500. The second kappa shape index (κ2) is 8.02. The molecule has 124 valence electrons. The van der Waals surface area contributed by atoms with Gasteiger partial charge < -0.3 is 20.4 Å². The third-order valence-electron chi connectivity index (χ3n) is 4.16. The number of carbonyl (C=O) groups excluding carboxylic acids is 1. The average Bonchev–Trinajstić information content (AvgIpc) is 3.30. The quantitative estimate of drug-likeness (QED) is 0.623. The van der Waals surface area contributed by atoms with E-state index in [-0.39, 0.29) is 6.03 Å². The van der Waals surface area contributed by atoms with Crippen LogP contribution in [0.4, 0.5) is 4.79 Å². The normalized spacial score (nSPS) is 14.1. The molecule has 1 aromatic carbocycles. The van der Waals surface area contributed by atoms with Crippen LogP contribution in [0.1, 0.15) is 24.8 Å². The molecule has 3 N–H and O–H groups in total. The molecule has 1 saturated carbocycles. The molecule has 0 unspecified atom stereocenters. The molecule has 1 heterocycles. The van der Waals surface area contributed by atoms with Gasteiger partial charge in [-0.05, 0) is 43.2 Å². The Morgan fingerprint density at radius 2 is 2.04 bits per heavy atom. The van der Waals surface area contributed by atoms with E-state index < -0.39 is 0 Å². The fourth-order valence-corrected chi connectivity index (χ4v) is 2.62. The van der Waals surface area contributed by atoms with Crippen LogP contribution in [-0.2, 0) is 11.2 Å². The number of nitrogens with one attached hydrogen (secondary N) is 3. The minimum Gasteiger partial charge on any atom is -0.381 e. The molecule has 0 radical (unpaired) electrons. The fourth-order valence-electron chi connectivity index (χ4n) is 2.62. The third-order valence-corrected chi connectivity index (χ3v) is 4.16. The Labute approximate surface area is 136 Å². The maximum absolute atomic E-state index is 11.7. The number of amides is 2. The van der Waals surface area contributed by atoms with E-state index in [2.05, 4.69) is 27.8 Å². The highest BCUT2D eigenvalue weighted by atomic mass is 16.5. The first-order chi connectivity index (χ1) is 11.3. The summed E-state index contributed by atoms with van der Waals surface area (Å²) < 4.78 is 5.54. The standard InChI is InChI=1S/C18H25N3O2/c22-18(19-9-3-11-23-13-14-6-7-14)20-10-8-15-12-21-17-5-2-1-4-16(15)17/h1-2,4-5,12,14,21H,3,6-11,13H2,(H2,19,20,22). The second-order valence-electron chi connectivity index (χ2n) is 6.16. The first kappa shape index (κ1) is 15.9. The van der Waals surface area contributed by atoms with Gasteiger partial charge in [0, 0.05) is 43.4 Å². The van der Waals surface area contributed by atoms with Crippen molar-refractivity contribution in [3.63, 3.8) is 0 Å².